The third kappa shape index (κ3) is 5.81. The fourth-order valence-electron chi connectivity index (χ4n) is 4.23. The number of carbonyl (C=O) groups is 2. The summed E-state index contributed by atoms with van der Waals surface area (Å²) in [6.07, 6.45) is 7.00. The molecule has 1 atom stereocenters. The lowest BCUT2D eigenvalue weighted by Gasteiger charge is -2.23. The molecule has 0 unspecified atom stereocenters. The first-order chi connectivity index (χ1) is 18.1. The lowest BCUT2D eigenvalue weighted by molar-refractivity contribution is 0.0923. The molecule has 188 valence electrons. The molecule has 1 aliphatic heterocycles. The van der Waals surface area contributed by atoms with E-state index >= 15 is 0 Å². The summed E-state index contributed by atoms with van der Waals surface area (Å²) in [6.45, 7) is 2.04. The lowest BCUT2D eigenvalue weighted by atomic mass is 10.1. The molecule has 0 radical (unpaired) electrons. The van der Waals surface area contributed by atoms with Crippen molar-refractivity contribution in [3.8, 4) is 16.9 Å². The highest BCUT2D eigenvalue weighted by molar-refractivity contribution is 5.97. The molecule has 4 aromatic rings. The van der Waals surface area contributed by atoms with Crippen molar-refractivity contribution in [1.29, 1.82) is 0 Å². The van der Waals surface area contributed by atoms with E-state index in [0.29, 0.717) is 29.9 Å². The Bertz CT molecular complexity index is 1380. The van der Waals surface area contributed by atoms with Gasteiger partial charge in [0, 0.05) is 42.7 Å². The number of nitrogens with zero attached hydrogens (tertiary/aromatic N) is 4. The van der Waals surface area contributed by atoms with E-state index in [4.69, 9.17) is 5.73 Å². The molecule has 37 heavy (non-hydrogen) atoms. The van der Waals surface area contributed by atoms with Gasteiger partial charge >= 0.3 is 0 Å². The van der Waals surface area contributed by atoms with Crippen LogP contribution in [0.4, 0.5) is 5.82 Å². The van der Waals surface area contributed by atoms with Gasteiger partial charge in [-0.05, 0) is 55.3 Å². The van der Waals surface area contributed by atoms with Crippen LogP contribution in [0.1, 0.15) is 39.3 Å². The molecule has 10 nitrogen and oxygen atoms in total. The summed E-state index contributed by atoms with van der Waals surface area (Å²) in [7, 11) is 0. The number of amides is 2. The Kier molecular flexibility index (Phi) is 7.18. The number of anilines is 1. The number of carbonyl (C=O) groups excluding carboxylic acids is 2. The van der Waals surface area contributed by atoms with Gasteiger partial charge in [-0.15, -0.1) is 0 Å². The lowest BCUT2D eigenvalue weighted by Crippen LogP contribution is -2.46. The average Bonchev–Trinajstić information content (AvgIpc) is 3.48. The highest BCUT2D eigenvalue weighted by Crippen LogP contribution is 2.20. The van der Waals surface area contributed by atoms with E-state index < -0.39 is 0 Å². The van der Waals surface area contributed by atoms with Crippen molar-refractivity contribution in [2.24, 2.45) is 0 Å². The molecule has 0 bridgehead atoms. The number of aromatic nitrogens is 4. The third-order valence-corrected chi connectivity index (χ3v) is 6.23. The van der Waals surface area contributed by atoms with Crippen LogP contribution in [0.3, 0.4) is 0 Å². The standard InChI is InChI=1S/C27H28N8O2/c28-25-24(27(37)33-21-6-2-11-29-16-21)34-23(17-30-25)19-4-1-5-20(14-19)26(36)31-15-18-7-9-22(10-8-18)35-13-3-12-32-35/h1,3-5,7-10,12-14,17,21,29H,2,6,11,15-16H2,(H2,28,30)(H,31,36)(H,33,37)/t21-/m0/s1. The van der Waals surface area contributed by atoms with Crippen molar-refractivity contribution in [1.82, 2.24) is 35.7 Å². The second-order valence-corrected chi connectivity index (χ2v) is 8.89. The summed E-state index contributed by atoms with van der Waals surface area (Å²) in [4.78, 5) is 34.3. The van der Waals surface area contributed by atoms with Crippen molar-refractivity contribution in [3.05, 3.63) is 90.0 Å². The summed E-state index contributed by atoms with van der Waals surface area (Å²) in [5, 5.41) is 13.4. The maximum Gasteiger partial charge on any atom is 0.274 e. The first-order valence-corrected chi connectivity index (χ1v) is 12.2. The maximum absolute atomic E-state index is 12.9. The van der Waals surface area contributed by atoms with E-state index in [0.717, 1.165) is 30.6 Å². The summed E-state index contributed by atoms with van der Waals surface area (Å²) in [5.41, 5.74) is 9.56. The van der Waals surface area contributed by atoms with Crippen LogP contribution in [0.5, 0.6) is 0 Å². The van der Waals surface area contributed by atoms with E-state index in [1.807, 2.05) is 42.6 Å². The zero-order valence-corrected chi connectivity index (χ0v) is 20.2. The highest BCUT2D eigenvalue weighted by Gasteiger charge is 2.20. The van der Waals surface area contributed by atoms with Crippen LogP contribution in [0.25, 0.3) is 16.9 Å². The first kappa shape index (κ1) is 24.1. The smallest absolute Gasteiger partial charge is 0.274 e. The Balaban J connectivity index is 1.25. The molecule has 10 heteroatoms. The topological polar surface area (TPSA) is 140 Å². The Morgan fingerprint density at radius 2 is 1.97 bits per heavy atom. The molecule has 1 saturated heterocycles. The van der Waals surface area contributed by atoms with Crippen LogP contribution in [0, 0.1) is 0 Å². The summed E-state index contributed by atoms with van der Waals surface area (Å²) in [5.74, 6) is -0.505. The van der Waals surface area contributed by atoms with Gasteiger partial charge in [0.1, 0.15) is 0 Å². The molecule has 3 heterocycles. The molecular formula is C27H28N8O2. The minimum absolute atomic E-state index is 0.0277. The van der Waals surface area contributed by atoms with E-state index in [9.17, 15) is 9.59 Å². The minimum atomic E-state index is -0.354. The molecule has 1 aliphatic rings. The summed E-state index contributed by atoms with van der Waals surface area (Å²) in [6, 6.07) is 16.7. The van der Waals surface area contributed by atoms with E-state index in [1.165, 1.54) is 6.20 Å². The average molecular weight is 497 g/mol. The Morgan fingerprint density at radius 3 is 2.73 bits per heavy atom. The predicted molar refractivity (Wildman–Crippen MR) is 140 cm³/mol. The van der Waals surface area contributed by atoms with Gasteiger partial charge in [0.15, 0.2) is 11.5 Å². The Hall–Kier alpha value is -4.57. The van der Waals surface area contributed by atoms with E-state index in [-0.39, 0.29) is 29.4 Å². The number of rotatable bonds is 7. The maximum atomic E-state index is 12.9. The molecule has 5 rings (SSSR count). The molecule has 5 N–H and O–H groups in total. The van der Waals surface area contributed by atoms with Gasteiger partial charge in [-0.3, -0.25) is 9.59 Å². The number of hydrogen-bond donors (Lipinski definition) is 4. The summed E-state index contributed by atoms with van der Waals surface area (Å²) >= 11 is 0. The van der Waals surface area contributed by atoms with Gasteiger partial charge in [-0.25, -0.2) is 14.6 Å². The van der Waals surface area contributed by atoms with Gasteiger partial charge in [-0.1, -0.05) is 24.3 Å². The predicted octanol–water partition coefficient (Wildman–Crippen LogP) is 2.32. The quantitative estimate of drug-likeness (QED) is 0.308. The first-order valence-electron chi connectivity index (χ1n) is 12.2. The van der Waals surface area contributed by atoms with Crippen LogP contribution < -0.4 is 21.7 Å². The third-order valence-electron chi connectivity index (χ3n) is 6.23. The van der Waals surface area contributed by atoms with Crippen LogP contribution >= 0.6 is 0 Å². The Labute approximate surface area is 214 Å². The number of piperidine rings is 1. The van der Waals surface area contributed by atoms with Gasteiger partial charge in [0.2, 0.25) is 0 Å². The molecule has 2 aromatic carbocycles. The molecule has 2 amide bonds. The van der Waals surface area contributed by atoms with Gasteiger partial charge in [-0.2, -0.15) is 5.10 Å². The number of benzene rings is 2. The summed E-state index contributed by atoms with van der Waals surface area (Å²) < 4.78 is 1.77. The fourth-order valence-corrected chi connectivity index (χ4v) is 4.23. The molecule has 0 spiro atoms. The van der Waals surface area contributed by atoms with Gasteiger partial charge < -0.3 is 21.7 Å². The monoisotopic (exact) mass is 496 g/mol. The van der Waals surface area contributed by atoms with Gasteiger partial charge in [0.05, 0.1) is 17.6 Å². The molecule has 1 fully saturated rings. The van der Waals surface area contributed by atoms with Crippen molar-refractivity contribution < 1.29 is 9.59 Å². The van der Waals surface area contributed by atoms with Crippen LogP contribution in [0.2, 0.25) is 0 Å². The largest absolute Gasteiger partial charge is 0.382 e. The zero-order chi connectivity index (χ0) is 25.6. The number of nitrogens with two attached hydrogens (primary N) is 1. The molecular weight excluding hydrogens is 468 g/mol. The van der Waals surface area contributed by atoms with E-state index in [2.05, 4.69) is 31.0 Å². The second-order valence-electron chi connectivity index (χ2n) is 8.89. The van der Waals surface area contributed by atoms with Crippen molar-refractivity contribution >= 4 is 17.6 Å². The van der Waals surface area contributed by atoms with Crippen LogP contribution in [-0.2, 0) is 6.54 Å². The van der Waals surface area contributed by atoms with E-state index in [1.54, 1.807) is 29.1 Å². The number of hydrogen-bond acceptors (Lipinski definition) is 7. The number of nitrogens with one attached hydrogen (secondary N) is 3. The zero-order valence-electron chi connectivity index (χ0n) is 20.2. The molecule has 0 saturated carbocycles. The van der Waals surface area contributed by atoms with Crippen molar-refractivity contribution in [2.75, 3.05) is 18.8 Å². The Morgan fingerprint density at radius 1 is 1.11 bits per heavy atom. The molecule has 0 aliphatic carbocycles. The fraction of sp³-hybridized carbons (Fsp3) is 0.222. The number of nitrogen functional groups attached to an aromatic ring is 1. The highest BCUT2D eigenvalue weighted by atomic mass is 16.2. The SMILES string of the molecule is Nc1ncc(-c2cccc(C(=O)NCc3ccc(-n4cccn4)cc3)c2)nc1C(=O)N[C@H]1CCCNC1. The van der Waals surface area contributed by atoms with Crippen molar-refractivity contribution in [3.63, 3.8) is 0 Å². The van der Waals surface area contributed by atoms with Crippen molar-refractivity contribution in [2.45, 2.75) is 25.4 Å². The molecule has 2 aromatic heterocycles. The second kappa shape index (κ2) is 11.0. The van der Waals surface area contributed by atoms with Crippen LogP contribution in [0.15, 0.2) is 73.2 Å². The van der Waals surface area contributed by atoms with Gasteiger partial charge in [0.25, 0.3) is 11.8 Å². The van der Waals surface area contributed by atoms with Crippen LogP contribution in [-0.4, -0.2) is 50.7 Å². The minimum Gasteiger partial charge on any atom is -0.382 e. The normalized spacial score (nSPS) is 15.2.